The molecule has 1 aliphatic carbocycles. The number of hydrogen-bond donors (Lipinski definition) is 4. The lowest BCUT2D eigenvalue weighted by atomic mass is 9.87. The van der Waals surface area contributed by atoms with Crippen molar-refractivity contribution >= 4 is 12.0 Å². The van der Waals surface area contributed by atoms with Gasteiger partial charge in [0.05, 0.1) is 6.10 Å². The molecule has 0 aliphatic heterocycles. The molecule has 1 unspecified atom stereocenters. The molecule has 0 bridgehead atoms. The molecule has 1 rings (SSSR count). The predicted octanol–water partition coefficient (Wildman–Crippen LogP) is 1.09. The first-order chi connectivity index (χ1) is 8.70. The van der Waals surface area contributed by atoms with E-state index in [9.17, 15) is 14.7 Å². The second-order valence-electron chi connectivity index (χ2n) is 6.26. The highest BCUT2D eigenvalue weighted by molar-refractivity contribution is 5.83. The number of nitrogens with one attached hydrogen (secondary N) is 2. The van der Waals surface area contributed by atoms with Crippen LogP contribution in [0.3, 0.4) is 0 Å². The minimum absolute atomic E-state index is 0.0119. The molecule has 0 heterocycles. The van der Waals surface area contributed by atoms with Crippen LogP contribution < -0.4 is 10.6 Å². The van der Waals surface area contributed by atoms with E-state index in [-0.39, 0.29) is 12.1 Å². The quantitative estimate of drug-likeness (QED) is 0.618. The Bertz CT molecular complexity index is 330. The van der Waals surface area contributed by atoms with Crippen LogP contribution >= 0.6 is 0 Å². The van der Waals surface area contributed by atoms with Gasteiger partial charge in [0, 0.05) is 6.04 Å². The van der Waals surface area contributed by atoms with E-state index in [2.05, 4.69) is 10.6 Å². The summed E-state index contributed by atoms with van der Waals surface area (Å²) in [6.45, 7) is 5.30. The number of aliphatic hydroxyl groups excluding tert-OH is 1. The van der Waals surface area contributed by atoms with Gasteiger partial charge in [-0.25, -0.2) is 9.59 Å². The molecule has 110 valence electrons. The smallest absolute Gasteiger partial charge is 0.326 e. The van der Waals surface area contributed by atoms with Gasteiger partial charge in [-0.15, -0.1) is 0 Å². The van der Waals surface area contributed by atoms with Crippen LogP contribution in [0.15, 0.2) is 0 Å². The van der Waals surface area contributed by atoms with E-state index in [1.807, 2.05) is 0 Å². The average Bonchev–Trinajstić information content (AvgIpc) is 2.27. The standard InChI is InChI=1S/C13H24N2O4/c1-13(2,3)10(11(17)18)15-12(19)14-8-4-6-9(16)7-5-8/h8-10,16H,4-7H2,1-3H3,(H,17,18)(H2,14,15,19). The third-order valence-corrected chi connectivity index (χ3v) is 3.42. The average molecular weight is 272 g/mol. The summed E-state index contributed by atoms with van der Waals surface area (Å²) in [5, 5.41) is 23.8. The van der Waals surface area contributed by atoms with Gasteiger partial charge < -0.3 is 20.8 Å². The van der Waals surface area contributed by atoms with Gasteiger partial charge in [0.15, 0.2) is 0 Å². The Kier molecular flexibility index (Phi) is 5.17. The van der Waals surface area contributed by atoms with Crippen LogP contribution in [0.1, 0.15) is 46.5 Å². The van der Waals surface area contributed by atoms with Crippen LogP contribution in [-0.2, 0) is 4.79 Å². The summed E-state index contributed by atoms with van der Waals surface area (Å²) in [4.78, 5) is 22.9. The number of carboxylic acid groups (broad SMARTS) is 1. The van der Waals surface area contributed by atoms with Gasteiger partial charge in [0.1, 0.15) is 6.04 Å². The van der Waals surface area contributed by atoms with Gasteiger partial charge in [-0.2, -0.15) is 0 Å². The monoisotopic (exact) mass is 272 g/mol. The fraction of sp³-hybridized carbons (Fsp3) is 0.846. The summed E-state index contributed by atoms with van der Waals surface area (Å²) in [6.07, 6.45) is 2.52. The number of urea groups is 1. The molecular weight excluding hydrogens is 248 g/mol. The number of aliphatic hydroxyl groups is 1. The van der Waals surface area contributed by atoms with Gasteiger partial charge in [0.2, 0.25) is 0 Å². The number of carboxylic acids is 1. The normalized spacial score (nSPS) is 25.5. The van der Waals surface area contributed by atoms with Crippen molar-refractivity contribution in [3.63, 3.8) is 0 Å². The van der Waals surface area contributed by atoms with E-state index in [1.54, 1.807) is 20.8 Å². The SMILES string of the molecule is CC(C)(C)C(NC(=O)NC1CCC(O)CC1)C(=O)O. The Morgan fingerprint density at radius 3 is 2.11 bits per heavy atom. The minimum atomic E-state index is -1.04. The molecule has 1 atom stereocenters. The fourth-order valence-corrected chi connectivity index (χ4v) is 2.23. The predicted molar refractivity (Wildman–Crippen MR) is 70.8 cm³/mol. The molecule has 2 amide bonds. The van der Waals surface area contributed by atoms with Crippen molar-refractivity contribution in [1.29, 1.82) is 0 Å². The van der Waals surface area contributed by atoms with Crippen molar-refractivity contribution in [2.24, 2.45) is 5.41 Å². The molecule has 6 nitrogen and oxygen atoms in total. The Labute approximate surface area is 113 Å². The van der Waals surface area contributed by atoms with Crippen LogP contribution in [0.4, 0.5) is 4.79 Å². The van der Waals surface area contributed by atoms with E-state index in [0.717, 1.165) is 12.8 Å². The largest absolute Gasteiger partial charge is 0.480 e. The summed E-state index contributed by atoms with van der Waals surface area (Å²) >= 11 is 0. The van der Waals surface area contributed by atoms with Gasteiger partial charge in [0.25, 0.3) is 0 Å². The summed E-state index contributed by atoms with van der Waals surface area (Å²) in [7, 11) is 0. The number of rotatable bonds is 3. The van der Waals surface area contributed by atoms with Crippen molar-refractivity contribution in [3.05, 3.63) is 0 Å². The van der Waals surface area contributed by atoms with Gasteiger partial charge in [-0.3, -0.25) is 0 Å². The molecule has 0 aromatic heterocycles. The van der Waals surface area contributed by atoms with Gasteiger partial charge >= 0.3 is 12.0 Å². The molecule has 0 radical (unpaired) electrons. The van der Waals surface area contributed by atoms with E-state index in [0.29, 0.717) is 12.8 Å². The summed E-state index contributed by atoms with van der Waals surface area (Å²) in [6, 6.07) is -1.37. The lowest BCUT2D eigenvalue weighted by Crippen LogP contribution is -2.54. The zero-order valence-corrected chi connectivity index (χ0v) is 11.8. The second kappa shape index (κ2) is 6.23. The Morgan fingerprint density at radius 2 is 1.68 bits per heavy atom. The number of hydrogen-bond acceptors (Lipinski definition) is 3. The van der Waals surface area contributed by atoms with Crippen molar-refractivity contribution in [1.82, 2.24) is 10.6 Å². The van der Waals surface area contributed by atoms with Crippen molar-refractivity contribution in [2.75, 3.05) is 0 Å². The summed E-state index contributed by atoms with van der Waals surface area (Å²) in [5.74, 6) is -1.04. The minimum Gasteiger partial charge on any atom is -0.480 e. The van der Waals surface area contributed by atoms with Crippen molar-refractivity contribution in [2.45, 2.75) is 64.6 Å². The number of amides is 2. The zero-order chi connectivity index (χ0) is 14.6. The zero-order valence-electron chi connectivity index (χ0n) is 11.8. The molecule has 1 fully saturated rings. The van der Waals surface area contributed by atoms with Crippen LogP contribution in [0.5, 0.6) is 0 Å². The van der Waals surface area contributed by atoms with Crippen LogP contribution in [-0.4, -0.2) is 40.4 Å². The highest BCUT2D eigenvalue weighted by Crippen LogP contribution is 2.20. The van der Waals surface area contributed by atoms with Crippen LogP contribution in [0.25, 0.3) is 0 Å². The highest BCUT2D eigenvalue weighted by atomic mass is 16.4. The molecular formula is C13H24N2O4. The second-order valence-corrected chi connectivity index (χ2v) is 6.26. The molecule has 19 heavy (non-hydrogen) atoms. The van der Waals surface area contributed by atoms with Gasteiger partial charge in [-0.05, 0) is 31.1 Å². The maximum absolute atomic E-state index is 11.8. The first-order valence-electron chi connectivity index (χ1n) is 6.68. The van der Waals surface area contributed by atoms with Crippen LogP contribution in [0.2, 0.25) is 0 Å². The maximum Gasteiger partial charge on any atom is 0.326 e. The molecule has 1 saturated carbocycles. The molecule has 0 saturated heterocycles. The fourth-order valence-electron chi connectivity index (χ4n) is 2.23. The van der Waals surface area contributed by atoms with Crippen molar-refractivity contribution < 1.29 is 19.8 Å². The van der Waals surface area contributed by atoms with Gasteiger partial charge in [-0.1, -0.05) is 20.8 Å². The van der Waals surface area contributed by atoms with Crippen LogP contribution in [0, 0.1) is 5.41 Å². The Balaban J connectivity index is 2.47. The molecule has 0 aromatic carbocycles. The lowest BCUT2D eigenvalue weighted by molar-refractivity contribution is -0.141. The summed E-state index contributed by atoms with van der Waals surface area (Å²) in [5.41, 5.74) is -0.550. The highest BCUT2D eigenvalue weighted by Gasteiger charge is 2.33. The maximum atomic E-state index is 11.8. The first-order valence-corrected chi connectivity index (χ1v) is 6.68. The van der Waals surface area contributed by atoms with E-state index in [4.69, 9.17) is 5.11 Å². The number of carbonyl (C=O) groups is 2. The summed E-state index contributed by atoms with van der Waals surface area (Å²) < 4.78 is 0. The third kappa shape index (κ3) is 5.06. The van der Waals surface area contributed by atoms with E-state index in [1.165, 1.54) is 0 Å². The molecule has 6 heteroatoms. The molecule has 0 aromatic rings. The number of aliphatic carboxylic acids is 1. The van der Waals surface area contributed by atoms with Crippen molar-refractivity contribution in [3.8, 4) is 0 Å². The lowest BCUT2D eigenvalue weighted by Gasteiger charge is -2.30. The Hall–Kier alpha value is -1.30. The Morgan fingerprint density at radius 1 is 1.16 bits per heavy atom. The van der Waals surface area contributed by atoms with E-state index < -0.39 is 23.5 Å². The van der Waals surface area contributed by atoms with E-state index >= 15 is 0 Å². The third-order valence-electron chi connectivity index (χ3n) is 3.42. The molecule has 1 aliphatic rings. The molecule has 4 N–H and O–H groups in total. The topological polar surface area (TPSA) is 98.7 Å². The first kappa shape index (κ1) is 15.8. The molecule has 0 spiro atoms. The number of carbonyl (C=O) groups excluding carboxylic acids is 1.